The van der Waals surface area contributed by atoms with Crippen LogP contribution in [0.4, 0.5) is 5.69 Å². The molecule has 5 rings (SSSR count). The molecule has 0 spiro atoms. The number of para-hydroxylation sites is 1. The molecular formula is C27H23ClN4O4S. The molecule has 1 amide bonds. The van der Waals surface area contributed by atoms with E-state index in [0.29, 0.717) is 44.6 Å². The van der Waals surface area contributed by atoms with Crippen molar-refractivity contribution in [2.75, 3.05) is 11.6 Å². The first-order valence-corrected chi connectivity index (χ1v) is 13.1. The Bertz CT molecular complexity index is 1730. The molecule has 2 aromatic carbocycles. The molecule has 5 aromatic rings. The maximum atomic E-state index is 13.5. The summed E-state index contributed by atoms with van der Waals surface area (Å²) in [6.45, 7) is 5.60. The molecule has 1 atom stereocenters. The summed E-state index contributed by atoms with van der Waals surface area (Å²) in [5, 5.41) is 4.04. The van der Waals surface area contributed by atoms with Gasteiger partial charge in [-0.25, -0.2) is 9.97 Å². The van der Waals surface area contributed by atoms with Crippen molar-refractivity contribution in [3.63, 3.8) is 0 Å². The fourth-order valence-corrected chi connectivity index (χ4v) is 4.82. The molecule has 0 saturated carbocycles. The molecule has 0 aliphatic carbocycles. The third-order valence-corrected chi connectivity index (χ3v) is 6.71. The van der Waals surface area contributed by atoms with Crippen LogP contribution in [0.15, 0.2) is 62.5 Å². The van der Waals surface area contributed by atoms with Crippen molar-refractivity contribution in [1.29, 1.82) is 0 Å². The van der Waals surface area contributed by atoms with Crippen molar-refractivity contribution >= 4 is 57.2 Å². The minimum Gasteiger partial charge on any atom is -0.455 e. The highest BCUT2D eigenvalue weighted by molar-refractivity contribution is 7.97. The Balaban J connectivity index is 1.66. The van der Waals surface area contributed by atoms with Gasteiger partial charge >= 0.3 is 0 Å². The zero-order valence-electron chi connectivity index (χ0n) is 20.5. The van der Waals surface area contributed by atoms with Gasteiger partial charge in [-0.2, -0.15) is 0 Å². The van der Waals surface area contributed by atoms with Gasteiger partial charge in [0.25, 0.3) is 5.91 Å². The number of anilines is 1. The minimum absolute atomic E-state index is 0.123. The summed E-state index contributed by atoms with van der Waals surface area (Å²) >= 11 is 7.24. The number of aryl methyl sites for hydroxylation is 1. The van der Waals surface area contributed by atoms with Crippen LogP contribution in [0.25, 0.3) is 33.4 Å². The number of hydrogen-bond acceptors (Lipinski definition) is 8. The lowest BCUT2D eigenvalue weighted by Crippen LogP contribution is -2.20. The summed E-state index contributed by atoms with van der Waals surface area (Å²) in [7, 11) is 0. The Labute approximate surface area is 221 Å². The van der Waals surface area contributed by atoms with E-state index in [9.17, 15) is 9.59 Å². The Kier molecular flexibility index (Phi) is 6.66. The number of nitrogens with zero attached hydrogens (tertiary/aromatic N) is 2. The number of aromatic nitrogens is 2. The van der Waals surface area contributed by atoms with E-state index in [4.69, 9.17) is 20.4 Å². The third kappa shape index (κ3) is 4.56. The summed E-state index contributed by atoms with van der Waals surface area (Å²) in [6.07, 6.45) is 3.12. The van der Waals surface area contributed by atoms with Crippen LogP contribution in [-0.2, 0) is 0 Å². The summed E-state index contributed by atoms with van der Waals surface area (Å²) < 4.78 is 14.6. The smallest absolute Gasteiger partial charge is 0.281 e. The Morgan fingerprint density at radius 2 is 1.97 bits per heavy atom. The molecule has 10 heteroatoms. The van der Waals surface area contributed by atoms with Crippen molar-refractivity contribution in [3.05, 3.63) is 86.6 Å². The zero-order valence-corrected chi connectivity index (χ0v) is 22.1. The molecule has 0 saturated heterocycles. The van der Waals surface area contributed by atoms with Crippen LogP contribution in [0.3, 0.4) is 0 Å². The molecule has 0 fully saturated rings. The van der Waals surface area contributed by atoms with Gasteiger partial charge in [0, 0.05) is 22.9 Å². The van der Waals surface area contributed by atoms with E-state index in [1.807, 2.05) is 44.2 Å². The first-order valence-electron chi connectivity index (χ1n) is 11.5. The molecule has 2 N–H and O–H groups in total. The van der Waals surface area contributed by atoms with Gasteiger partial charge in [0.15, 0.2) is 23.1 Å². The van der Waals surface area contributed by atoms with Gasteiger partial charge in [-0.15, -0.1) is 0 Å². The number of halogens is 1. The number of amides is 1. The van der Waals surface area contributed by atoms with E-state index >= 15 is 0 Å². The quantitative estimate of drug-likeness (QED) is 0.189. The average Bonchev–Trinajstić information content (AvgIpc) is 3.36. The molecular weight excluding hydrogens is 512 g/mol. The number of carbonyl (C=O) groups excluding carboxylic acids is 1. The summed E-state index contributed by atoms with van der Waals surface area (Å²) in [5.74, 6) is 0.0615. The van der Waals surface area contributed by atoms with E-state index < -0.39 is 0 Å². The van der Waals surface area contributed by atoms with Crippen LogP contribution in [-0.4, -0.2) is 22.1 Å². The molecule has 0 radical (unpaired) electrons. The number of rotatable bonds is 6. The molecule has 3 heterocycles. The first kappa shape index (κ1) is 24.9. The summed E-state index contributed by atoms with van der Waals surface area (Å²) in [5.41, 5.74) is 5.04. The molecule has 37 heavy (non-hydrogen) atoms. The van der Waals surface area contributed by atoms with E-state index in [1.165, 1.54) is 18.3 Å². The van der Waals surface area contributed by atoms with Crippen molar-refractivity contribution in [1.82, 2.24) is 14.7 Å². The van der Waals surface area contributed by atoms with Gasteiger partial charge in [-0.1, -0.05) is 35.7 Å². The second-order valence-corrected chi connectivity index (χ2v) is 9.65. The number of hydrogen-bond donors (Lipinski definition) is 2. The molecule has 8 nitrogen and oxygen atoms in total. The highest BCUT2D eigenvalue weighted by Gasteiger charge is 2.22. The molecule has 3 aromatic heterocycles. The topological polar surface area (TPSA) is 110 Å². The highest BCUT2D eigenvalue weighted by Crippen LogP contribution is 2.35. The fourth-order valence-electron chi connectivity index (χ4n) is 4.39. The van der Waals surface area contributed by atoms with Crippen LogP contribution in [0.1, 0.15) is 40.1 Å². The lowest BCUT2D eigenvalue weighted by molar-refractivity contribution is 0.0980. The highest BCUT2D eigenvalue weighted by atomic mass is 35.5. The van der Waals surface area contributed by atoms with Crippen LogP contribution >= 0.6 is 23.5 Å². The second-order valence-electron chi connectivity index (χ2n) is 8.65. The SMILES string of the molecule is CSNC(=O)c1nc(Cl)ccc1NC(C)c1cc(C)cc2c(=O)c(C)c(-c3cccc4ocnc34)oc12. The maximum Gasteiger partial charge on any atom is 0.281 e. The van der Waals surface area contributed by atoms with Crippen LogP contribution in [0.2, 0.25) is 5.15 Å². The Morgan fingerprint density at radius 3 is 2.76 bits per heavy atom. The van der Waals surface area contributed by atoms with Crippen LogP contribution in [0.5, 0.6) is 0 Å². The largest absolute Gasteiger partial charge is 0.455 e. The number of benzene rings is 2. The monoisotopic (exact) mass is 534 g/mol. The molecule has 188 valence electrons. The molecule has 0 bridgehead atoms. The van der Waals surface area contributed by atoms with E-state index in [1.54, 1.807) is 25.3 Å². The molecule has 1 unspecified atom stereocenters. The minimum atomic E-state index is -0.371. The van der Waals surface area contributed by atoms with Crippen molar-refractivity contribution in [2.24, 2.45) is 0 Å². The molecule has 0 aliphatic heterocycles. The van der Waals surface area contributed by atoms with Gasteiger partial charge in [0.2, 0.25) is 0 Å². The summed E-state index contributed by atoms with van der Waals surface area (Å²) in [6, 6.07) is 12.3. The van der Waals surface area contributed by atoms with Gasteiger partial charge < -0.3 is 14.2 Å². The normalized spacial score (nSPS) is 12.1. The first-order chi connectivity index (χ1) is 17.8. The number of nitrogens with one attached hydrogen (secondary N) is 2. The standard InChI is InChI=1S/C27H23ClN4O4S/c1-13-10-17(15(3)30-19-8-9-21(28)31-23(19)27(34)32-37-4)26-18(11-13)24(33)14(2)25(36-26)16-6-5-7-20-22(16)29-12-35-20/h5-12,15,30H,1-4H3,(H,32,34). The number of fused-ring (bicyclic) bond motifs is 2. The van der Waals surface area contributed by atoms with Gasteiger partial charge in [0.1, 0.15) is 22.0 Å². The lowest BCUT2D eigenvalue weighted by atomic mass is 9.98. The third-order valence-electron chi connectivity index (χ3n) is 6.11. The number of pyridine rings is 1. The van der Waals surface area contributed by atoms with Gasteiger partial charge in [0.05, 0.1) is 17.1 Å². The maximum absolute atomic E-state index is 13.5. The van der Waals surface area contributed by atoms with E-state index in [-0.39, 0.29) is 28.2 Å². The zero-order chi connectivity index (χ0) is 26.3. The lowest BCUT2D eigenvalue weighted by Gasteiger charge is -2.20. The molecule has 0 aliphatic rings. The van der Waals surface area contributed by atoms with Crippen LogP contribution < -0.4 is 15.5 Å². The predicted molar refractivity (Wildman–Crippen MR) is 147 cm³/mol. The number of oxazole rings is 1. The van der Waals surface area contributed by atoms with E-state index in [0.717, 1.165) is 11.1 Å². The van der Waals surface area contributed by atoms with Crippen molar-refractivity contribution in [2.45, 2.75) is 26.8 Å². The fraction of sp³-hybridized carbons (Fsp3) is 0.185. The van der Waals surface area contributed by atoms with Crippen LogP contribution in [0, 0.1) is 13.8 Å². The van der Waals surface area contributed by atoms with Crippen molar-refractivity contribution in [3.8, 4) is 11.3 Å². The Hall–Kier alpha value is -3.82. The average molecular weight is 535 g/mol. The summed E-state index contributed by atoms with van der Waals surface area (Å²) in [4.78, 5) is 34.7. The van der Waals surface area contributed by atoms with Gasteiger partial charge in [-0.05, 0) is 56.7 Å². The second kappa shape index (κ2) is 9.91. The number of carbonyl (C=O) groups is 1. The predicted octanol–water partition coefficient (Wildman–Crippen LogP) is 6.45. The van der Waals surface area contributed by atoms with E-state index in [2.05, 4.69) is 20.0 Å². The van der Waals surface area contributed by atoms with Crippen molar-refractivity contribution < 1.29 is 13.6 Å². The Morgan fingerprint density at radius 1 is 1.16 bits per heavy atom. The van der Waals surface area contributed by atoms with Gasteiger partial charge in [-0.3, -0.25) is 14.3 Å².